The highest BCUT2D eigenvalue weighted by molar-refractivity contribution is 5.97. The Morgan fingerprint density at radius 3 is 2.64 bits per heavy atom. The lowest BCUT2D eigenvalue weighted by atomic mass is 10.0. The van der Waals surface area contributed by atoms with Gasteiger partial charge in [0, 0.05) is 31.2 Å². The van der Waals surface area contributed by atoms with Gasteiger partial charge in [0.25, 0.3) is 6.29 Å². The van der Waals surface area contributed by atoms with E-state index in [0.29, 0.717) is 58.2 Å². The molecule has 0 aliphatic carbocycles. The topological polar surface area (TPSA) is 86.4 Å². The highest BCUT2D eigenvalue weighted by Crippen LogP contribution is 2.47. The zero-order valence-corrected chi connectivity index (χ0v) is 22.9. The van der Waals surface area contributed by atoms with E-state index in [4.69, 9.17) is 24.5 Å². The summed E-state index contributed by atoms with van der Waals surface area (Å²) >= 11 is 0. The molecule has 0 saturated heterocycles. The zero-order chi connectivity index (χ0) is 29.4. The van der Waals surface area contributed by atoms with Crippen LogP contribution in [0, 0.1) is 23.0 Å². The molecule has 0 saturated carbocycles. The molecule has 1 unspecified atom stereocenters. The number of fused-ring (bicyclic) bond motifs is 2. The molecule has 1 aliphatic heterocycles. The van der Waals surface area contributed by atoms with E-state index in [2.05, 4.69) is 0 Å². The summed E-state index contributed by atoms with van der Waals surface area (Å²) < 4.78 is 49.3. The molecule has 6 rings (SSSR count). The number of ether oxygens (including phenoxy) is 3. The molecule has 0 bridgehead atoms. The minimum Gasteiger partial charge on any atom is -0.447 e. The fourth-order valence-corrected chi connectivity index (χ4v) is 5.11. The lowest BCUT2D eigenvalue weighted by Crippen LogP contribution is -2.10. The SMILES string of the molecule is COCCn1c(Cc2ccc(-c3cccc4c3OC(c3ccc(C#N)cc3F)O4)cc2F)nc2ccc(C(C)=O)cc21. The number of carbonyl (C=O) groups excluding carboxylic acids is 1. The van der Waals surface area contributed by atoms with Crippen molar-refractivity contribution in [3.63, 3.8) is 0 Å². The summed E-state index contributed by atoms with van der Waals surface area (Å²) in [5.74, 6) is 0.351. The molecule has 5 aromatic rings. The van der Waals surface area contributed by atoms with E-state index < -0.39 is 17.9 Å². The van der Waals surface area contributed by atoms with E-state index in [9.17, 15) is 9.18 Å². The second-order valence-electron chi connectivity index (χ2n) is 9.96. The van der Waals surface area contributed by atoms with E-state index in [1.807, 2.05) is 10.6 Å². The fourth-order valence-electron chi connectivity index (χ4n) is 5.11. The molecule has 0 spiro atoms. The van der Waals surface area contributed by atoms with Crippen LogP contribution in [0.4, 0.5) is 8.78 Å². The van der Waals surface area contributed by atoms with Crippen molar-refractivity contribution in [2.24, 2.45) is 0 Å². The molecule has 7 nitrogen and oxygen atoms in total. The molecule has 1 atom stereocenters. The average molecular weight is 566 g/mol. The molecule has 0 N–H and O–H groups in total. The second-order valence-corrected chi connectivity index (χ2v) is 9.96. The van der Waals surface area contributed by atoms with E-state index in [-0.39, 0.29) is 23.3 Å². The van der Waals surface area contributed by atoms with Gasteiger partial charge in [-0.1, -0.05) is 24.3 Å². The number of rotatable bonds is 8. The van der Waals surface area contributed by atoms with Crippen LogP contribution in [-0.4, -0.2) is 29.1 Å². The van der Waals surface area contributed by atoms with Crippen molar-refractivity contribution in [2.75, 3.05) is 13.7 Å². The number of aromatic nitrogens is 2. The molecule has 42 heavy (non-hydrogen) atoms. The summed E-state index contributed by atoms with van der Waals surface area (Å²) in [6.07, 6.45) is -0.812. The predicted octanol–water partition coefficient (Wildman–Crippen LogP) is 6.76. The summed E-state index contributed by atoms with van der Waals surface area (Å²) in [6.45, 7) is 2.44. The number of para-hydroxylation sites is 1. The number of methoxy groups -OCH3 is 1. The number of hydrogen-bond donors (Lipinski definition) is 0. The van der Waals surface area contributed by atoms with E-state index in [1.165, 1.54) is 25.1 Å². The number of ketones is 1. The third-order valence-electron chi connectivity index (χ3n) is 7.29. The summed E-state index contributed by atoms with van der Waals surface area (Å²) in [6, 6.07) is 21.5. The molecule has 1 aromatic heterocycles. The van der Waals surface area contributed by atoms with Gasteiger partial charge in [0.05, 0.1) is 34.8 Å². The first-order valence-corrected chi connectivity index (χ1v) is 13.3. The molecule has 0 amide bonds. The van der Waals surface area contributed by atoms with E-state index in [1.54, 1.807) is 55.6 Å². The maximum atomic E-state index is 15.6. The number of halogens is 2. The summed E-state index contributed by atoms with van der Waals surface area (Å²) in [4.78, 5) is 16.7. The van der Waals surface area contributed by atoms with Crippen molar-refractivity contribution in [3.8, 4) is 28.7 Å². The smallest absolute Gasteiger partial charge is 0.270 e. The van der Waals surface area contributed by atoms with Crippen LogP contribution in [-0.2, 0) is 17.7 Å². The number of Topliss-reactive ketones (excluding diaryl/α,β-unsaturated/α-hetero) is 1. The minimum atomic E-state index is -1.04. The van der Waals surface area contributed by atoms with Crippen molar-refractivity contribution in [3.05, 3.63) is 113 Å². The molecular formula is C33H25F2N3O4. The zero-order valence-electron chi connectivity index (χ0n) is 22.9. The van der Waals surface area contributed by atoms with Crippen LogP contribution in [0.25, 0.3) is 22.2 Å². The Labute approximate surface area is 240 Å². The fraction of sp³-hybridized carbons (Fsp3) is 0.182. The molecule has 4 aromatic carbocycles. The van der Waals surface area contributed by atoms with Gasteiger partial charge >= 0.3 is 0 Å². The lowest BCUT2D eigenvalue weighted by Gasteiger charge is -2.13. The third-order valence-corrected chi connectivity index (χ3v) is 7.29. The van der Waals surface area contributed by atoms with Crippen LogP contribution in [0.1, 0.15) is 46.1 Å². The first-order chi connectivity index (χ1) is 20.4. The Morgan fingerprint density at radius 1 is 1.05 bits per heavy atom. The van der Waals surface area contributed by atoms with Crippen molar-refractivity contribution < 1.29 is 27.8 Å². The van der Waals surface area contributed by atoms with Gasteiger partial charge in [-0.25, -0.2) is 13.8 Å². The minimum absolute atomic E-state index is 0.0466. The highest BCUT2D eigenvalue weighted by atomic mass is 19.1. The Kier molecular flexibility index (Phi) is 7.15. The molecule has 0 radical (unpaired) electrons. The number of benzene rings is 4. The van der Waals surface area contributed by atoms with Crippen molar-refractivity contribution >= 4 is 16.8 Å². The van der Waals surface area contributed by atoms with Crippen LogP contribution in [0.2, 0.25) is 0 Å². The first kappa shape index (κ1) is 27.1. The Balaban J connectivity index is 1.30. The van der Waals surface area contributed by atoms with E-state index >= 15 is 4.39 Å². The monoisotopic (exact) mass is 565 g/mol. The number of nitrogens with zero attached hydrogens (tertiary/aromatic N) is 3. The van der Waals surface area contributed by atoms with Gasteiger partial charge in [-0.3, -0.25) is 4.79 Å². The van der Waals surface area contributed by atoms with Crippen molar-refractivity contribution in [2.45, 2.75) is 26.2 Å². The van der Waals surface area contributed by atoms with Gasteiger partial charge in [-0.05, 0) is 66.6 Å². The van der Waals surface area contributed by atoms with Crippen LogP contribution in [0.3, 0.4) is 0 Å². The molecule has 2 heterocycles. The lowest BCUT2D eigenvalue weighted by molar-refractivity contribution is 0.0457. The Morgan fingerprint density at radius 2 is 1.90 bits per heavy atom. The maximum Gasteiger partial charge on any atom is 0.270 e. The summed E-state index contributed by atoms with van der Waals surface area (Å²) in [5.41, 5.74) is 4.04. The summed E-state index contributed by atoms with van der Waals surface area (Å²) in [7, 11) is 1.61. The van der Waals surface area contributed by atoms with Crippen LogP contribution in [0.5, 0.6) is 11.5 Å². The van der Waals surface area contributed by atoms with Crippen LogP contribution >= 0.6 is 0 Å². The first-order valence-electron chi connectivity index (χ1n) is 13.3. The standard InChI is InChI=1S/C33H25F2N3O4/c1-19(39)21-9-11-28-29(16-21)38(12-13-40-2)31(37-28)17-23-8-7-22(15-26(23)34)24-4-3-5-30-32(24)42-33(41-30)25-10-6-20(18-36)14-27(25)35/h3-11,14-16,33H,12-13,17H2,1-2H3. The van der Waals surface area contributed by atoms with Gasteiger partial charge in [0.15, 0.2) is 17.3 Å². The van der Waals surface area contributed by atoms with E-state index in [0.717, 1.165) is 11.6 Å². The Bertz CT molecular complexity index is 1890. The Hall–Kier alpha value is -5.07. The molecule has 210 valence electrons. The van der Waals surface area contributed by atoms with Gasteiger partial charge in [-0.2, -0.15) is 5.26 Å². The molecule has 0 fully saturated rings. The number of carbonyl (C=O) groups is 1. The van der Waals surface area contributed by atoms with Crippen molar-refractivity contribution in [1.29, 1.82) is 5.26 Å². The number of imidazole rings is 1. The molecular weight excluding hydrogens is 540 g/mol. The average Bonchev–Trinajstić information content (AvgIpc) is 3.57. The van der Waals surface area contributed by atoms with Crippen LogP contribution in [0.15, 0.2) is 72.8 Å². The molecule has 1 aliphatic rings. The van der Waals surface area contributed by atoms with Crippen molar-refractivity contribution in [1.82, 2.24) is 9.55 Å². The second kappa shape index (κ2) is 11.1. The van der Waals surface area contributed by atoms with Gasteiger partial charge in [-0.15, -0.1) is 0 Å². The van der Waals surface area contributed by atoms with Crippen LogP contribution < -0.4 is 9.47 Å². The molecule has 9 heteroatoms. The van der Waals surface area contributed by atoms with Gasteiger partial charge in [0.2, 0.25) is 0 Å². The number of hydrogen-bond acceptors (Lipinski definition) is 6. The third kappa shape index (κ3) is 4.97. The van der Waals surface area contributed by atoms with Gasteiger partial charge in [0.1, 0.15) is 17.5 Å². The number of nitriles is 1. The quantitative estimate of drug-likeness (QED) is 0.193. The normalized spacial score (nSPS) is 13.8. The maximum absolute atomic E-state index is 15.6. The highest BCUT2D eigenvalue weighted by Gasteiger charge is 2.31. The largest absolute Gasteiger partial charge is 0.447 e. The van der Waals surface area contributed by atoms with Gasteiger partial charge < -0.3 is 18.8 Å². The predicted molar refractivity (Wildman–Crippen MR) is 151 cm³/mol. The summed E-state index contributed by atoms with van der Waals surface area (Å²) in [5, 5.41) is 9.03.